The van der Waals surface area contributed by atoms with Gasteiger partial charge in [-0.25, -0.2) is 0 Å². The molecule has 3 N–H and O–H groups in total. The van der Waals surface area contributed by atoms with Crippen LogP contribution in [0.25, 0.3) is 0 Å². The van der Waals surface area contributed by atoms with Crippen molar-refractivity contribution in [2.45, 2.75) is 25.9 Å². The molecule has 1 aromatic rings. The van der Waals surface area contributed by atoms with Crippen molar-refractivity contribution in [1.29, 1.82) is 0 Å². The Morgan fingerprint density at radius 2 is 2.26 bits per heavy atom. The standard InChI is InChI=1S/C14H20N2O3/c1-9(19-8-10-3-4-10)14(17)16-12-6-5-11(15)7-13(12)18-2/h5-7,9-10H,3-4,8,15H2,1-2H3,(H,16,17). The number of carbonyl (C=O) groups is 1. The van der Waals surface area contributed by atoms with Gasteiger partial charge >= 0.3 is 0 Å². The molecule has 19 heavy (non-hydrogen) atoms. The van der Waals surface area contributed by atoms with Crippen molar-refractivity contribution in [3.8, 4) is 5.75 Å². The molecule has 0 radical (unpaired) electrons. The maximum absolute atomic E-state index is 12.0. The number of rotatable bonds is 6. The number of amides is 1. The van der Waals surface area contributed by atoms with Gasteiger partial charge in [-0.15, -0.1) is 0 Å². The first-order valence-corrected chi connectivity index (χ1v) is 6.46. The SMILES string of the molecule is COc1cc(N)ccc1NC(=O)C(C)OCC1CC1. The number of anilines is 2. The van der Waals surface area contributed by atoms with Crippen molar-refractivity contribution in [1.82, 2.24) is 0 Å². The van der Waals surface area contributed by atoms with Gasteiger partial charge in [-0.05, 0) is 37.8 Å². The van der Waals surface area contributed by atoms with Gasteiger partial charge in [-0.3, -0.25) is 4.79 Å². The van der Waals surface area contributed by atoms with E-state index in [-0.39, 0.29) is 5.91 Å². The fraction of sp³-hybridized carbons (Fsp3) is 0.500. The second-order valence-electron chi connectivity index (χ2n) is 4.87. The zero-order valence-electron chi connectivity index (χ0n) is 11.3. The van der Waals surface area contributed by atoms with E-state index in [1.165, 1.54) is 20.0 Å². The molecule has 104 valence electrons. The topological polar surface area (TPSA) is 73.6 Å². The molecule has 2 rings (SSSR count). The molecule has 0 spiro atoms. The predicted octanol–water partition coefficient (Wildman–Crippen LogP) is 2.03. The number of hydrogen-bond acceptors (Lipinski definition) is 4. The second-order valence-corrected chi connectivity index (χ2v) is 4.87. The van der Waals surface area contributed by atoms with Crippen molar-refractivity contribution in [2.75, 3.05) is 24.8 Å². The second kappa shape index (κ2) is 5.93. The van der Waals surface area contributed by atoms with Gasteiger partial charge in [0.15, 0.2) is 0 Å². The molecule has 0 saturated heterocycles. The Kier molecular flexibility index (Phi) is 4.27. The van der Waals surface area contributed by atoms with Crippen molar-refractivity contribution in [2.24, 2.45) is 5.92 Å². The van der Waals surface area contributed by atoms with Crippen molar-refractivity contribution >= 4 is 17.3 Å². The summed E-state index contributed by atoms with van der Waals surface area (Å²) in [6.45, 7) is 2.41. The number of hydrogen-bond donors (Lipinski definition) is 2. The highest BCUT2D eigenvalue weighted by Gasteiger charge is 2.24. The average molecular weight is 264 g/mol. The Hall–Kier alpha value is -1.75. The molecule has 1 amide bonds. The first kappa shape index (κ1) is 13.7. The van der Waals surface area contributed by atoms with Gasteiger partial charge in [0.05, 0.1) is 19.4 Å². The molecule has 1 atom stereocenters. The Bertz CT molecular complexity index is 458. The lowest BCUT2D eigenvalue weighted by atomic mass is 10.2. The molecule has 0 heterocycles. The van der Waals surface area contributed by atoms with Crippen LogP contribution in [0.3, 0.4) is 0 Å². The molecule has 1 saturated carbocycles. The molecule has 5 nitrogen and oxygen atoms in total. The van der Waals surface area contributed by atoms with E-state index < -0.39 is 6.10 Å². The summed E-state index contributed by atoms with van der Waals surface area (Å²) in [5.74, 6) is 1.01. The van der Waals surface area contributed by atoms with Crippen LogP contribution < -0.4 is 15.8 Å². The van der Waals surface area contributed by atoms with Gasteiger partial charge < -0.3 is 20.5 Å². The number of ether oxygens (including phenoxy) is 2. The number of carbonyl (C=O) groups excluding carboxylic acids is 1. The Morgan fingerprint density at radius 1 is 1.53 bits per heavy atom. The minimum absolute atomic E-state index is 0.177. The maximum Gasteiger partial charge on any atom is 0.253 e. The highest BCUT2D eigenvalue weighted by molar-refractivity contribution is 5.95. The Morgan fingerprint density at radius 3 is 2.89 bits per heavy atom. The first-order chi connectivity index (χ1) is 9.10. The third-order valence-corrected chi connectivity index (χ3v) is 3.13. The van der Waals surface area contributed by atoms with Gasteiger partial charge in [0.1, 0.15) is 11.9 Å². The van der Waals surface area contributed by atoms with Crippen LogP contribution >= 0.6 is 0 Å². The largest absolute Gasteiger partial charge is 0.494 e. The minimum atomic E-state index is -0.470. The van der Waals surface area contributed by atoms with Crippen LogP contribution in [0.4, 0.5) is 11.4 Å². The van der Waals surface area contributed by atoms with E-state index in [4.69, 9.17) is 15.2 Å². The third kappa shape index (κ3) is 3.86. The van der Waals surface area contributed by atoms with Gasteiger partial charge in [0.25, 0.3) is 5.91 Å². The lowest BCUT2D eigenvalue weighted by Gasteiger charge is -2.15. The molecular weight excluding hydrogens is 244 g/mol. The van der Waals surface area contributed by atoms with Crippen LogP contribution in [0.1, 0.15) is 19.8 Å². The van der Waals surface area contributed by atoms with Gasteiger partial charge in [-0.2, -0.15) is 0 Å². The van der Waals surface area contributed by atoms with E-state index in [2.05, 4.69) is 5.32 Å². The van der Waals surface area contributed by atoms with Crippen LogP contribution in [-0.2, 0) is 9.53 Å². The summed E-state index contributed by atoms with van der Waals surface area (Å²) in [7, 11) is 1.54. The molecule has 1 unspecified atom stereocenters. The predicted molar refractivity (Wildman–Crippen MR) is 74.2 cm³/mol. The van der Waals surface area contributed by atoms with E-state index in [9.17, 15) is 4.79 Å². The molecule has 0 aliphatic heterocycles. The van der Waals surface area contributed by atoms with Crippen LogP contribution in [0.15, 0.2) is 18.2 Å². The summed E-state index contributed by atoms with van der Waals surface area (Å²) >= 11 is 0. The lowest BCUT2D eigenvalue weighted by Crippen LogP contribution is -2.28. The van der Waals surface area contributed by atoms with E-state index in [0.29, 0.717) is 29.6 Å². The summed E-state index contributed by atoms with van der Waals surface area (Å²) in [4.78, 5) is 12.0. The maximum atomic E-state index is 12.0. The number of nitrogens with two attached hydrogens (primary N) is 1. The number of nitrogen functional groups attached to an aromatic ring is 1. The van der Waals surface area contributed by atoms with Crippen molar-refractivity contribution < 1.29 is 14.3 Å². The molecule has 1 aliphatic rings. The quantitative estimate of drug-likeness (QED) is 0.771. The molecule has 5 heteroatoms. The van der Waals surface area contributed by atoms with Gasteiger partial charge in [-0.1, -0.05) is 0 Å². The van der Waals surface area contributed by atoms with E-state index in [1.54, 1.807) is 25.1 Å². The Balaban J connectivity index is 1.93. The number of benzene rings is 1. The van der Waals surface area contributed by atoms with E-state index in [1.807, 2.05) is 0 Å². The molecule has 0 aromatic heterocycles. The Labute approximate surface area is 113 Å². The van der Waals surface area contributed by atoms with Crippen LogP contribution in [-0.4, -0.2) is 25.7 Å². The minimum Gasteiger partial charge on any atom is -0.494 e. The van der Waals surface area contributed by atoms with E-state index >= 15 is 0 Å². The summed E-state index contributed by atoms with van der Waals surface area (Å²) in [5, 5.41) is 2.79. The van der Waals surface area contributed by atoms with Gasteiger partial charge in [0.2, 0.25) is 0 Å². The molecule has 1 aromatic carbocycles. The van der Waals surface area contributed by atoms with Crippen molar-refractivity contribution in [3.05, 3.63) is 18.2 Å². The highest BCUT2D eigenvalue weighted by Crippen LogP contribution is 2.29. The van der Waals surface area contributed by atoms with Gasteiger partial charge in [0, 0.05) is 11.8 Å². The fourth-order valence-corrected chi connectivity index (χ4v) is 1.69. The average Bonchev–Trinajstić information content (AvgIpc) is 3.21. The number of methoxy groups -OCH3 is 1. The van der Waals surface area contributed by atoms with Crippen molar-refractivity contribution in [3.63, 3.8) is 0 Å². The monoisotopic (exact) mass is 264 g/mol. The van der Waals surface area contributed by atoms with Crippen LogP contribution in [0.5, 0.6) is 5.75 Å². The highest BCUT2D eigenvalue weighted by atomic mass is 16.5. The summed E-state index contributed by atoms with van der Waals surface area (Å²) in [6, 6.07) is 5.11. The number of nitrogens with one attached hydrogen (secondary N) is 1. The molecular formula is C14H20N2O3. The summed E-state index contributed by atoms with van der Waals surface area (Å²) in [5.41, 5.74) is 6.86. The van der Waals surface area contributed by atoms with E-state index in [0.717, 1.165) is 0 Å². The first-order valence-electron chi connectivity index (χ1n) is 6.46. The summed E-state index contributed by atoms with van der Waals surface area (Å²) in [6.07, 6.45) is 1.95. The van der Waals surface area contributed by atoms with Crippen LogP contribution in [0, 0.1) is 5.92 Å². The summed E-state index contributed by atoms with van der Waals surface area (Å²) < 4.78 is 10.7. The lowest BCUT2D eigenvalue weighted by molar-refractivity contribution is -0.126. The zero-order chi connectivity index (χ0) is 13.8. The zero-order valence-corrected chi connectivity index (χ0v) is 11.3. The van der Waals surface area contributed by atoms with Crippen LogP contribution in [0.2, 0.25) is 0 Å². The normalized spacial score (nSPS) is 15.9. The fourth-order valence-electron chi connectivity index (χ4n) is 1.69. The third-order valence-electron chi connectivity index (χ3n) is 3.13. The molecule has 0 bridgehead atoms. The smallest absolute Gasteiger partial charge is 0.253 e. The molecule has 1 fully saturated rings. The molecule has 1 aliphatic carbocycles.